The minimum atomic E-state index is 0.213. The number of nitrogens with one attached hydrogen (secondary N) is 1. The van der Waals surface area contributed by atoms with Crippen molar-refractivity contribution in [2.75, 3.05) is 32.8 Å². The number of rotatable bonds is 5. The van der Waals surface area contributed by atoms with Crippen molar-refractivity contribution >= 4 is 17.2 Å². The standard InChI is InChI=1S/C14H23N3O2S/c1-10(14-11(2)16-12(3)20-14)15-5-4-13(18)17-6-8-19-9-7-17/h10,15H,4-9H2,1-3H3. The molecule has 2 heterocycles. The van der Waals surface area contributed by atoms with Crippen molar-refractivity contribution in [2.24, 2.45) is 0 Å². The lowest BCUT2D eigenvalue weighted by atomic mass is 10.2. The Morgan fingerprint density at radius 1 is 1.45 bits per heavy atom. The number of ether oxygens (including phenoxy) is 1. The molecule has 0 spiro atoms. The van der Waals surface area contributed by atoms with Gasteiger partial charge in [-0.15, -0.1) is 11.3 Å². The van der Waals surface area contributed by atoms with Gasteiger partial charge in [-0.2, -0.15) is 0 Å². The smallest absolute Gasteiger partial charge is 0.224 e. The van der Waals surface area contributed by atoms with Gasteiger partial charge in [0.05, 0.1) is 23.9 Å². The monoisotopic (exact) mass is 297 g/mol. The molecule has 5 nitrogen and oxygen atoms in total. The van der Waals surface area contributed by atoms with Crippen LogP contribution in [0.2, 0.25) is 0 Å². The Morgan fingerprint density at radius 2 is 2.15 bits per heavy atom. The SMILES string of the molecule is Cc1nc(C)c(C(C)NCCC(=O)N2CCOCC2)s1. The first-order valence-electron chi connectivity index (χ1n) is 7.10. The third-order valence-electron chi connectivity index (χ3n) is 3.49. The highest BCUT2D eigenvalue weighted by Gasteiger charge is 2.17. The molecule has 0 bridgehead atoms. The van der Waals surface area contributed by atoms with E-state index >= 15 is 0 Å². The van der Waals surface area contributed by atoms with Gasteiger partial charge in [-0.25, -0.2) is 4.98 Å². The lowest BCUT2D eigenvalue weighted by Gasteiger charge is -2.27. The van der Waals surface area contributed by atoms with E-state index in [4.69, 9.17) is 4.74 Å². The molecular formula is C14H23N3O2S. The molecule has 20 heavy (non-hydrogen) atoms. The van der Waals surface area contributed by atoms with Crippen LogP contribution >= 0.6 is 11.3 Å². The zero-order valence-electron chi connectivity index (χ0n) is 12.4. The van der Waals surface area contributed by atoms with Crippen LogP contribution in [-0.4, -0.2) is 48.6 Å². The molecule has 1 aliphatic heterocycles. The van der Waals surface area contributed by atoms with Crippen molar-refractivity contribution in [1.29, 1.82) is 0 Å². The van der Waals surface area contributed by atoms with Crippen molar-refractivity contribution in [1.82, 2.24) is 15.2 Å². The lowest BCUT2D eigenvalue weighted by Crippen LogP contribution is -2.41. The maximum absolute atomic E-state index is 12.0. The summed E-state index contributed by atoms with van der Waals surface area (Å²) in [4.78, 5) is 19.6. The van der Waals surface area contributed by atoms with E-state index in [9.17, 15) is 4.79 Å². The number of thiazole rings is 1. The largest absolute Gasteiger partial charge is 0.378 e. The van der Waals surface area contributed by atoms with Crippen molar-refractivity contribution < 1.29 is 9.53 Å². The number of hydrogen-bond donors (Lipinski definition) is 1. The number of aryl methyl sites for hydroxylation is 2. The van der Waals surface area contributed by atoms with Gasteiger partial charge in [-0.3, -0.25) is 4.79 Å². The molecule has 0 aliphatic carbocycles. The van der Waals surface area contributed by atoms with Crippen molar-refractivity contribution in [3.63, 3.8) is 0 Å². The number of hydrogen-bond acceptors (Lipinski definition) is 5. The van der Waals surface area contributed by atoms with Crippen molar-refractivity contribution in [3.05, 3.63) is 15.6 Å². The molecule has 1 aromatic rings. The fraction of sp³-hybridized carbons (Fsp3) is 0.714. The highest BCUT2D eigenvalue weighted by molar-refractivity contribution is 7.11. The summed E-state index contributed by atoms with van der Waals surface area (Å²) >= 11 is 1.72. The topological polar surface area (TPSA) is 54.5 Å². The summed E-state index contributed by atoms with van der Waals surface area (Å²) in [6.45, 7) is 9.66. The second kappa shape index (κ2) is 7.15. The predicted molar refractivity (Wildman–Crippen MR) is 80.0 cm³/mol. The molecule has 2 rings (SSSR count). The van der Waals surface area contributed by atoms with Gasteiger partial charge in [-0.05, 0) is 20.8 Å². The van der Waals surface area contributed by atoms with E-state index in [0.717, 1.165) is 23.8 Å². The van der Waals surface area contributed by atoms with Gasteiger partial charge < -0.3 is 15.0 Å². The van der Waals surface area contributed by atoms with E-state index in [1.54, 1.807) is 11.3 Å². The normalized spacial score (nSPS) is 17.2. The summed E-state index contributed by atoms with van der Waals surface area (Å²) in [6, 6.07) is 0.249. The predicted octanol–water partition coefficient (Wildman–Crippen LogP) is 1.66. The number of amides is 1. The van der Waals surface area contributed by atoms with Crippen LogP contribution in [0.15, 0.2) is 0 Å². The first-order chi connectivity index (χ1) is 9.58. The van der Waals surface area contributed by atoms with Crippen LogP contribution in [0.1, 0.15) is 35.0 Å². The molecular weight excluding hydrogens is 274 g/mol. The number of carbonyl (C=O) groups is 1. The third-order valence-corrected chi connectivity index (χ3v) is 4.74. The van der Waals surface area contributed by atoms with Crippen LogP contribution in [-0.2, 0) is 9.53 Å². The highest BCUT2D eigenvalue weighted by atomic mass is 32.1. The van der Waals surface area contributed by atoms with E-state index in [-0.39, 0.29) is 11.9 Å². The molecule has 1 saturated heterocycles. The molecule has 6 heteroatoms. The molecule has 112 valence electrons. The summed E-state index contributed by atoms with van der Waals surface area (Å²) in [5.74, 6) is 0.213. The molecule has 1 fully saturated rings. The van der Waals surface area contributed by atoms with E-state index in [1.165, 1.54) is 4.88 Å². The quantitative estimate of drug-likeness (QED) is 0.898. The fourth-order valence-corrected chi connectivity index (χ4v) is 3.36. The summed E-state index contributed by atoms with van der Waals surface area (Å²) in [5.41, 5.74) is 1.09. The number of morpholine rings is 1. The van der Waals surface area contributed by atoms with Gasteiger partial charge in [0.25, 0.3) is 0 Å². The molecule has 0 radical (unpaired) electrons. The minimum absolute atomic E-state index is 0.213. The molecule has 1 N–H and O–H groups in total. The molecule has 1 aromatic heterocycles. The fourth-order valence-electron chi connectivity index (χ4n) is 2.41. The van der Waals surface area contributed by atoms with Crippen LogP contribution < -0.4 is 5.32 Å². The second-order valence-corrected chi connectivity index (χ2v) is 6.34. The molecule has 1 unspecified atom stereocenters. The number of aromatic nitrogens is 1. The Balaban J connectivity index is 1.75. The summed E-state index contributed by atoms with van der Waals surface area (Å²) in [6.07, 6.45) is 0.543. The number of nitrogens with zero attached hydrogens (tertiary/aromatic N) is 2. The summed E-state index contributed by atoms with van der Waals surface area (Å²) < 4.78 is 5.25. The second-order valence-electron chi connectivity index (χ2n) is 5.10. The zero-order chi connectivity index (χ0) is 14.5. The van der Waals surface area contributed by atoms with Gasteiger partial charge in [-0.1, -0.05) is 0 Å². The average Bonchev–Trinajstić information content (AvgIpc) is 2.78. The third kappa shape index (κ3) is 4.01. The highest BCUT2D eigenvalue weighted by Crippen LogP contribution is 2.24. The Labute approximate surface area is 124 Å². The number of carbonyl (C=O) groups excluding carboxylic acids is 1. The van der Waals surface area contributed by atoms with Gasteiger partial charge in [0.15, 0.2) is 0 Å². The van der Waals surface area contributed by atoms with Crippen LogP contribution in [0.3, 0.4) is 0 Å². The van der Waals surface area contributed by atoms with E-state index < -0.39 is 0 Å². The van der Waals surface area contributed by atoms with Crippen molar-refractivity contribution in [2.45, 2.75) is 33.2 Å². The molecule has 1 amide bonds. The Morgan fingerprint density at radius 3 is 2.75 bits per heavy atom. The average molecular weight is 297 g/mol. The minimum Gasteiger partial charge on any atom is -0.378 e. The summed E-state index contributed by atoms with van der Waals surface area (Å²) in [5, 5.41) is 4.51. The molecule has 1 atom stereocenters. The van der Waals surface area contributed by atoms with Crippen LogP contribution in [0.4, 0.5) is 0 Å². The van der Waals surface area contributed by atoms with Crippen molar-refractivity contribution in [3.8, 4) is 0 Å². The van der Waals surface area contributed by atoms with Gasteiger partial charge in [0.2, 0.25) is 5.91 Å². The molecule has 1 aliphatic rings. The van der Waals surface area contributed by atoms with Crippen LogP contribution in [0.25, 0.3) is 0 Å². The summed E-state index contributed by atoms with van der Waals surface area (Å²) in [7, 11) is 0. The molecule has 0 aromatic carbocycles. The Kier molecular flexibility index (Phi) is 5.51. The van der Waals surface area contributed by atoms with E-state index in [2.05, 4.69) is 17.2 Å². The van der Waals surface area contributed by atoms with E-state index in [0.29, 0.717) is 26.2 Å². The van der Waals surface area contributed by atoms with Crippen LogP contribution in [0.5, 0.6) is 0 Å². The van der Waals surface area contributed by atoms with E-state index in [1.807, 2.05) is 18.7 Å². The Bertz CT molecular complexity index is 455. The molecule has 0 saturated carbocycles. The van der Waals surface area contributed by atoms with Gasteiger partial charge in [0, 0.05) is 37.0 Å². The Hall–Kier alpha value is -0.980. The van der Waals surface area contributed by atoms with Gasteiger partial charge >= 0.3 is 0 Å². The van der Waals surface area contributed by atoms with Crippen LogP contribution in [0, 0.1) is 13.8 Å². The maximum atomic E-state index is 12.0. The lowest BCUT2D eigenvalue weighted by molar-refractivity contribution is -0.135. The first kappa shape index (κ1) is 15.4. The zero-order valence-corrected chi connectivity index (χ0v) is 13.3. The first-order valence-corrected chi connectivity index (χ1v) is 7.92. The maximum Gasteiger partial charge on any atom is 0.224 e. The van der Waals surface area contributed by atoms with Gasteiger partial charge in [0.1, 0.15) is 0 Å².